The van der Waals surface area contributed by atoms with Gasteiger partial charge in [0, 0.05) is 24.6 Å². The molecule has 0 fully saturated rings. The van der Waals surface area contributed by atoms with Crippen LogP contribution in [0, 0.1) is 0 Å². The van der Waals surface area contributed by atoms with E-state index in [-0.39, 0.29) is 0 Å². The van der Waals surface area contributed by atoms with Crippen LogP contribution in [-0.2, 0) is 6.54 Å². The molecule has 0 radical (unpaired) electrons. The Bertz CT molecular complexity index is 440. The van der Waals surface area contributed by atoms with E-state index in [0.29, 0.717) is 6.54 Å². The Kier molecular flexibility index (Phi) is 3.41. The molecule has 0 aliphatic heterocycles. The van der Waals surface area contributed by atoms with Crippen LogP contribution in [0.2, 0.25) is 0 Å². The molecule has 3 nitrogen and oxygen atoms in total. The standard InChI is InChI=1S/C12H12BrN3/c13-10-8-15-6-5-12(10)16-7-9-3-1-2-4-11(9)14/h1-6,8H,7,14H2,(H,15,16). The fourth-order valence-electron chi connectivity index (χ4n) is 1.40. The van der Waals surface area contributed by atoms with Gasteiger partial charge >= 0.3 is 0 Å². The number of aromatic nitrogens is 1. The van der Waals surface area contributed by atoms with Crippen molar-refractivity contribution in [2.45, 2.75) is 6.54 Å². The van der Waals surface area contributed by atoms with Crippen LogP contribution in [0.4, 0.5) is 11.4 Å². The van der Waals surface area contributed by atoms with Gasteiger partial charge in [-0.1, -0.05) is 18.2 Å². The Hall–Kier alpha value is -1.55. The van der Waals surface area contributed by atoms with Crippen LogP contribution in [0.5, 0.6) is 0 Å². The normalized spacial score (nSPS) is 10.1. The lowest BCUT2D eigenvalue weighted by Crippen LogP contribution is -2.03. The van der Waals surface area contributed by atoms with Crippen LogP contribution in [0.3, 0.4) is 0 Å². The molecule has 0 amide bonds. The number of para-hydroxylation sites is 1. The van der Waals surface area contributed by atoms with Crippen LogP contribution in [0.15, 0.2) is 47.2 Å². The second-order valence-electron chi connectivity index (χ2n) is 3.41. The quantitative estimate of drug-likeness (QED) is 0.848. The van der Waals surface area contributed by atoms with Crippen molar-refractivity contribution in [2.24, 2.45) is 0 Å². The Morgan fingerprint density at radius 1 is 1.25 bits per heavy atom. The van der Waals surface area contributed by atoms with Gasteiger partial charge in [0.15, 0.2) is 0 Å². The Morgan fingerprint density at radius 3 is 2.81 bits per heavy atom. The highest BCUT2D eigenvalue weighted by atomic mass is 79.9. The van der Waals surface area contributed by atoms with E-state index in [1.165, 1.54) is 0 Å². The first-order valence-corrected chi connectivity index (χ1v) is 5.73. The number of anilines is 2. The van der Waals surface area contributed by atoms with Gasteiger partial charge in [0.2, 0.25) is 0 Å². The first-order valence-electron chi connectivity index (χ1n) is 4.94. The molecule has 0 saturated heterocycles. The van der Waals surface area contributed by atoms with Crippen LogP contribution < -0.4 is 11.1 Å². The van der Waals surface area contributed by atoms with Crippen LogP contribution >= 0.6 is 15.9 Å². The number of halogens is 1. The number of nitrogens with two attached hydrogens (primary N) is 1. The van der Waals surface area contributed by atoms with Gasteiger partial charge in [0.05, 0.1) is 10.2 Å². The Labute approximate surface area is 103 Å². The molecule has 2 rings (SSSR count). The average Bonchev–Trinajstić information content (AvgIpc) is 2.30. The van der Waals surface area contributed by atoms with Crippen molar-refractivity contribution < 1.29 is 0 Å². The highest BCUT2D eigenvalue weighted by molar-refractivity contribution is 9.10. The summed E-state index contributed by atoms with van der Waals surface area (Å²) in [7, 11) is 0. The van der Waals surface area contributed by atoms with E-state index in [0.717, 1.165) is 21.4 Å². The predicted octanol–water partition coefficient (Wildman–Crippen LogP) is 3.04. The van der Waals surface area contributed by atoms with Crippen LogP contribution in [0.1, 0.15) is 5.56 Å². The van der Waals surface area contributed by atoms with E-state index < -0.39 is 0 Å². The Balaban J connectivity index is 2.09. The first kappa shape index (κ1) is 11.0. The summed E-state index contributed by atoms with van der Waals surface area (Å²) in [6.07, 6.45) is 3.51. The topological polar surface area (TPSA) is 50.9 Å². The van der Waals surface area contributed by atoms with E-state index in [1.807, 2.05) is 30.3 Å². The summed E-state index contributed by atoms with van der Waals surface area (Å²) in [5, 5.41) is 3.30. The smallest absolute Gasteiger partial charge is 0.0590 e. The summed E-state index contributed by atoms with van der Waals surface area (Å²) in [4.78, 5) is 4.01. The molecule has 0 aliphatic rings. The number of nitrogen functional groups attached to an aromatic ring is 1. The van der Waals surface area contributed by atoms with Crippen LogP contribution in [0.25, 0.3) is 0 Å². The molecule has 0 bridgehead atoms. The third kappa shape index (κ3) is 2.52. The highest BCUT2D eigenvalue weighted by Gasteiger charge is 2.00. The van der Waals surface area contributed by atoms with E-state index >= 15 is 0 Å². The summed E-state index contributed by atoms with van der Waals surface area (Å²) >= 11 is 3.43. The number of nitrogens with zero attached hydrogens (tertiary/aromatic N) is 1. The van der Waals surface area contributed by atoms with Crippen molar-refractivity contribution in [2.75, 3.05) is 11.1 Å². The highest BCUT2D eigenvalue weighted by Crippen LogP contribution is 2.21. The summed E-state index contributed by atoms with van der Waals surface area (Å²) in [6, 6.07) is 9.75. The largest absolute Gasteiger partial charge is 0.398 e. The number of pyridine rings is 1. The monoisotopic (exact) mass is 277 g/mol. The molecule has 0 saturated carbocycles. The maximum atomic E-state index is 5.86. The summed E-state index contributed by atoms with van der Waals surface area (Å²) in [5.74, 6) is 0. The van der Waals surface area contributed by atoms with E-state index in [2.05, 4.69) is 26.2 Å². The summed E-state index contributed by atoms with van der Waals surface area (Å²) in [6.45, 7) is 0.704. The zero-order valence-electron chi connectivity index (χ0n) is 8.65. The van der Waals surface area contributed by atoms with Gasteiger partial charge in [-0.2, -0.15) is 0 Å². The number of hydrogen-bond donors (Lipinski definition) is 2. The van der Waals surface area contributed by atoms with Crippen molar-refractivity contribution >= 4 is 27.3 Å². The van der Waals surface area contributed by atoms with Crippen LogP contribution in [-0.4, -0.2) is 4.98 Å². The lowest BCUT2D eigenvalue weighted by Gasteiger charge is -2.09. The number of benzene rings is 1. The molecular formula is C12H12BrN3. The molecule has 0 atom stereocenters. The molecule has 0 aliphatic carbocycles. The fraction of sp³-hybridized carbons (Fsp3) is 0.0833. The lowest BCUT2D eigenvalue weighted by molar-refractivity contribution is 1.14. The molecule has 0 spiro atoms. The second kappa shape index (κ2) is 4.99. The molecule has 1 heterocycles. The van der Waals surface area contributed by atoms with Crippen molar-refractivity contribution in [1.29, 1.82) is 0 Å². The predicted molar refractivity (Wildman–Crippen MR) is 70.1 cm³/mol. The second-order valence-corrected chi connectivity index (χ2v) is 4.26. The van der Waals surface area contributed by atoms with Crippen molar-refractivity contribution in [3.63, 3.8) is 0 Å². The average molecular weight is 278 g/mol. The van der Waals surface area contributed by atoms with Gasteiger partial charge < -0.3 is 11.1 Å². The van der Waals surface area contributed by atoms with Gasteiger partial charge in [-0.15, -0.1) is 0 Å². The SMILES string of the molecule is Nc1ccccc1CNc1ccncc1Br. The van der Waals surface area contributed by atoms with Crippen molar-refractivity contribution in [1.82, 2.24) is 4.98 Å². The van der Waals surface area contributed by atoms with E-state index in [1.54, 1.807) is 12.4 Å². The number of hydrogen-bond acceptors (Lipinski definition) is 3. The third-order valence-corrected chi connectivity index (χ3v) is 2.93. The van der Waals surface area contributed by atoms with Gasteiger partial charge in [0.25, 0.3) is 0 Å². The zero-order chi connectivity index (χ0) is 11.4. The van der Waals surface area contributed by atoms with Gasteiger partial charge in [-0.25, -0.2) is 0 Å². The van der Waals surface area contributed by atoms with E-state index in [9.17, 15) is 0 Å². The Morgan fingerprint density at radius 2 is 2.06 bits per heavy atom. The molecule has 1 aromatic heterocycles. The molecule has 0 unspecified atom stereocenters. The summed E-state index contributed by atoms with van der Waals surface area (Å²) in [5.41, 5.74) is 8.77. The summed E-state index contributed by atoms with van der Waals surface area (Å²) < 4.78 is 0.949. The maximum Gasteiger partial charge on any atom is 0.0590 e. The molecule has 2 aromatic rings. The molecular weight excluding hydrogens is 266 g/mol. The fourth-order valence-corrected chi connectivity index (χ4v) is 1.79. The molecule has 4 heteroatoms. The minimum absolute atomic E-state index is 0.704. The van der Waals surface area contributed by atoms with Gasteiger partial charge in [-0.3, -0.25) is 4.98 Å². The lowest BCUT2D eigenvalue weighted by atomic mass is 10.2. The van der Waals surface area contributed by atoms with Gasteiger partial charge in [0.1, 0.15) is 0 Å². The van der Waals surface area contributed by atoms with E-state index in [4.69, 9.17) is 5.73 Å². The number of rotatable bonds is 3. The molecule has 3 N–H and O–H groups in total. The van der Waals surface area contributed by atoms with Gasteiger partial charge in [-0.05, 0) is 33.6 Å². The third-order valence-electron chi connectivity index (χ3n) is 2.30. The molecule has 1 aromatic carbocycles. The minimum Gasteiger partial charge on any atom is -0.398 e. The maximum absolute atomic E-state index is 5.86. The molecule has 16 heavy (non-hydrogen) atoms. The van der Waals surface area contributed by atoms with Crippen molar-refractivity contribution in [3.8, 4) is 0 Å². The molecule has 82 valence electrons. The zero-order valence-corrected chi connectivity index (χ0v) is 10.2. The first-order chi connectivity index (χ1) is 7.77. The van der Waals surface area contributed by atoms with Crippen molar-refractivity contribution in [3.05, 3.63) is 52.8 Å². The minimum atomic E-state index is 0.704. The number of nitrogens with one attached hydrogen (secondary N) is 1.